The van der Waals surface area contributed by atoms with Gasteiger partial charge < -0.3 is 4.79 Å². The maximum absolute atomic E-state index is 10.9. The summed E-state index contributed by atoms with van der Waals surface area (Å²) in [6, 6.07) is 0. The van der Waals surface area contributed by atoms with E-state index in [-0.39, 0.29) is 16.9 Å². The summed E-state index contributed by atoms with van der Waals surface area (Å²) in [7, 11) is -2.82. The lowest BCUT2D eigenvalue weighted by atomic mass is 9.86. The van der Waals surface area contributed by atoms with E-state index in [0.29, 0.717) is 12.8 Å². The summed E-state index contributed by atoms with van der Waals surface area (Å²) in [4.78, 5) is 10.5. The summed E-state index contributed by atoms with van der Waals surface area (Å²) in [5.41, 5.74) is -0.384. The second-order valence-corrected chi connectivity index (χ2v) is 5.73. The minimum absolute atomic E-state index is 0.169. The summed E-state index contributed by atoms with van der Waals surface area (Å²) in [6.07, 6.45) is 1.85. The number of aldehydes is 1. The van der Waals surface area contributed by atoms with Crippen LogP contribution in [0.2, 0.25) is 0 Å². The Morgan fingerprint density at radius 1 is 1.27 bits per heavy atom. The summed E-state index contributed by atoms with van der Waals surface area (Å²) >= 11 is 0. The van der Waals surface area contributed by atoms with Gasteiger partial charge in [-0.15, -0.1) is 0 Å². The molecule has 0 spiro atoms. The van der Waals surface area contributed by atoms with Crippen molar-refractivity contribution in [2.24, 2.45) is 5.41 Å². The number of carbonyl (C=O) groups is 1. The van der Waals surface area contributed by atoms with Gasteiger partial charge in [-0.2, -0.15) is 0 Å². The Hall–Kier alpha value is -0.380. The van der Waals surface area contributed by atoms with Crippen molar-refractivity contribution in [1.82, 2.24) is 0 Å². The van der Waals surface area contributed by atoms with Gasteiger partial charge in [-0.3, -0.25) is 0 Å². The van der Waals surface area contributed by atoms with Crippen LogP contribution in [0.15, 0.2) is 0 Å². The summed E-state index contributed by atoms with van der Waals surface area (Å²) in [5, 5.41) is 0. The highest BCUT2D eigenvalue weighted by Gasteiger charge is 2.32. The van der Waals surface area contributed by atoms with Crippen molar-refractivity contribution in [2.75, 3.05) is 11.5 Å². The third-order valence-corrected chi connectivity index (χ3v) is 3.91. The first-order valence-corrected chi connectivity index (χ1v) is 5.46. The van der Waals surface area contributed by atoms with E-state index in [2.05, 4.69) is 0 Å². The van der Waals surface area contributed by atoms with Crippen molar-refractivity contribution in [3.8, 4) is 0 Å². The highest BCUT2D eigenvalue weighted by Crippen LogP contribution is 2.29. The number of hydrogen-bond acceptors (Lipinski definition) is 3. The third kappa shape index (κ3) is 2.02. The molecular weight excluding hydrogens is 164 g/mol. The topological polar surface area (TPSA) is 51.2 Å². The van der Waals surface area contributed by atoms with Crippen LogP contribution in [0.1, 0.15) is 19.8 Å². The van der Waals surface area contributed by atoms with Crippen LogP contribution in [0.25, 0.3) is 0 Å². The quantitative estimate of drug-likeness (QED) is 0.543. The van der Waals surface area contributed by atoms with Gasteiger partial charge in [0.2, 0.25) is 0 Å². The molecule has 0 aliphatic carbocycles. The molecule has 11 heavy (non-hydrogen) atoms. The summed E-state index contributed by atoms with van der Waals surface area (Å²) in [6.45, 7) is 1.81. The molecule has 0 unspecified atom stereocenters. The van der Waals surface area contributed by atoms with Crippen LogP contribution in [0.4, 0.5) is 0 Å². The molecule has 0 bridgehead atoms. The lowest BCUT2D eigenvalue weighted by Crippen LogP contribution is -2.32. The predicted octanol–water partition coefficient (Wildman–Crippen LogP) is 0.400. The highest BCUT2D eigenvalue weighted by molar-refractivity contribution is 7.91. The molecule has 0 saturated carbocycles. The zero-order chi connectivity index (χ0) is 8.54. The zero-order valence-electron chi connectivity index (χ0n) is 6.54. The molecule has 4 heteroatoms. The van der Waals surface area contributed by atoms with Gasteiger partial charge in [0.25, 0.3) is 0 Å². The van der Waals surface area contributed by atoms with Crippen molar-refractivity contribution in [1.29, 1.82) is 0 Å². The van der Waals surface area contributed by atoms with Gasteiger partial charge in [0, 0.05) is 5.41 Å². The predicted molar refractivity (Wildman–Crippen MR) is 42.1 cm³/mol. The molecule has 1 fully saturated rings. The average molecular weight is 176 g/mol. The van der Waals surface area contributed by atoms with Gasteiger partial charge in [-0.25, -0.2) is 8.42 Å². The maximum Gasteiger partial charge on any atom is 0.150 e. The maximum atomic E-state index is 10.9. The van der Waals surface area contributed by atoms with Crippen LogP contribution >= 0.6 is 0 Å². The largest absolute Gasteiger partial charge is 0.303 e. The Kier molecular flexibility index (Phi) is 2.05. The van der Waals surface area contributed by atoms with E-state index in [9.17, 15) is 13.2 Å². The normalized spacial score (nSPS) is 27.7. The fourth-order valence-corrected chi connectivity index (χ4v) is 2.88. The second-order valence-electron chi connectivity index (χ2n) is 3.42. The van der Waals surface area contributed by atoms with Crippen molar-refractivity contribution in [2.45, 2.75) is 19.8 Å². The van der Waals surface area contributed by atoms with Crippen molar-refractivity contribution < 1.29 is 13.2 Å². The molecule has 0 atom stereocenters. The van der Waals surface area contributed by atoms with Gasteiger partial charge in [0.1, 0.15) is 16.1 Å². The molecule has 1 aliphatic heterocycles. The molecule has 0 aromatic rings. The molecule has 0 aromatic carbocycles. The molecule has 1 heterocycles. The standard InChI is InChI=1S/C7H12O3S/c1-7(6-8)2-4-11(9,10)5-3-7/h6H,2-5H2,1H3. The Labute approximate surface area is 66.7 Å². The Bertz CT molecular complexity index is 239. The van der Waals surface area contributed by atoms with Gasteiger partial charge >= 0.3 is 0 Å². The number of carbonyl (C=O) groups excluding carboxylic acids is 1. The van der Waals surface area contributed by atoms with Gasteiger partial charge in [0.05, 0.1) is 11.5 Å². The lowest BCUT2D eigenvalue weighted by Gasteiger charge is -2.27. The smallest absolute Gasteiger partial charge is 0.150 e. The first-order valence-electron chi connectivity index (χ1n) is 3.64. The van der Waals surface area contributed by atoms with E-state index in [1.807, 2.05) is 6.92 Å². The van der Waals surface area contributed by atoms with Crippen LogP contribution in [0.3, 0.4) is 0 Å². The van der Waals surface area contributed by atoms with Crippen LogP contribution in [-0.4, -0.2) is 26.2 Å². The first-order chi connectivity index (χ1) is 4.97. The Morgan fingerprint density at radius 2 is 1.73 bits per heavy atom. The van der Waals surface area contributed by atoms with E-state index >= 15 is 0 Å². The number of sulfone groups is 1. The van der Waals surface area contributed by atoms with Gasteiger partial charge in [-0.05, 0) is 12.8 Å². The van der Waals surface area contributed by atoms with Crippen molar-refractivity contribution in [3.05, 3.63) is 0 Å². The number of rotatable bonds is 1. The van der Waals surface area contributed by atoms with Crippen LogP contribution in [0.5, 0.6) is 0 Å². The Balaban J connectivity index is 2.69. The van der Waals surface area contributed by atoms with E-state index in [1.165, 1.54) is 0 Å². The molecule has 64 valence electrons. The number of hydrogen-bond donors (Lipinski definition) is 0. The molecule has 0 amide bonds. The molecular formula is C7H12O3S. The molecule has 0 N–H and O–H groups in total. The minimum Gasteiger partial charge on any atom is -0.303 e. The Morgan fingerprint density at radius 3 is 2.09 bits per heavy atom. The van der Waals surface area contributed by atoms with E-state index < -0.39 is 9.84 Å². The fraction of sp³-hybridized carbons (Fsp3) is 0.857. The zero-order valence-corrected chi connectivity index (χ0v) is 7.36. The average Bonchev–Trinajstić information content (AvgIpc) is 1.97. The van der Waals surface area contributed by atoms with Crippen molar-refractivity contribution >= 4 is 16.1 Å². The second kappa shape index (κ2) is 2.59. The third-order valence-electron chi connectivity index (χ3n) is 2.25. The molecule has 1 rings (SSSR count). The van der Waals surface area contributed by atoms with E-state index in [1.54, 1.807) is 0 Å². The van der Waals surface area contributed by atoms with Crippen molar-refractivity contribution in [3.63, 3.8) is 0 Å². The monoisotopic (exact) mass is 176 g/mol. The first kappa shape index (κ1) is 8.71. The lowest BCUT2D eigenvalue weighted by molar-refractivity contribution is -0.115. The summed E-state index contributed by atoms with van der Waals surface area (Å²) in [5.74, 6) is 0.338. The van der Waals surface area contributed by atoms with Crippen LogP contribution in [0, 0.1) is 5.41 Å². The van der Waals surface area contributed by atoms with Gasteiger partial charge in [-0.1, -0.05) is 6.92 Å². The SMILES string of the molecule is CC1(C=O)CCS(=O)(=O)CC1. The summed E-state index contributed by atoms with van der Waals surface area (Å²) < 4.78 is 21.9. The fourth-order valence-electron chi connectivity index (χ4n) is 1.12. The molecule has 3 nitrogen and oxygen atoms in total. The molecule has 1 saturated heterocycles. The van der Waals surface area contributed by atoms with Gasteiger partial charge in [0.15, 0.2) is 0 Å². The van der Waals surface area contributed by atoms with Crippen LogP contribution < -0.4 is 0 Å². The molecule has 1 aliphatic rings. The van der Waals surface area contributed by atoms with E-state index in [0.717, 1.165) is 6.29 Å². The molecule has 0 aromatic heterocycles. The highest BCUT2D eigenvalue weighted by atomic mass is 32.2. The van der Waals surface area contributed by atoms with Crippen LogP contribution in [-0.2, 0) is 14.6 Å². The molecule has 0 radical (unpaired) electrons. The van der Waals surface area contributed by atoms with E-state index in [4.69, 9.17) is 0 Å². The minimum atomic E-state index is -2.82.